The van der Waals surface area contributed by atoms with Gasteiger partial charge in [-0.3, -0.25) is 0 Å². The van der Waals surface area contributed by atoms with Crippen LogP contribution in [0.4, 0.5) is 0 Å². The molecule has 2 atom stereocenters. The van der Waals surface area contributed by atoms with Gasteiger partial charge in [0.25, 0.3) is 0 Å². The van der Waals surface area contributed by atoms with E-state index in [1.165, 1.54) is 41.6 Å². The molecule has 0 radical (unpaired) electrons. The van der Waals surface area contributed by atoms with Gasteiger partial charge in [-0.05, 0) is 106 Å². The third-order valence-corrected chi connectivity index (χ3v) is 9.71. The number of aliphatic hydroxyl groups excluding tert-OH is 2. The predicted molar refractivity (Wildman–Crippen MR) is 221 cm³/mol. The van der Waals surface area contributed by atoms with Gasteiger partial charge in [-0.25, -0.2) is 0 Å². The highest BCUT2D eigenvalue weighted by atomic mass is 127. The fourth-order valence-electron chi connectivity index (χ4n) is 5.62. The van der Waals surface area contributed by atoms with Crippen LogP contribution in [-0.4, -0.2) is 72.9 Å². The van der Waals surface area contributed by atoms with Gasteiger partial charge in [0.1, 0.15) is 0 Å². The lowest BCUT2D eigenvalue weighted by Crippen LogP contribution is -2.47. The third kappa shape index (κ3) is 14.8. The first-order valence-corrected chi connectivity index (χ1v) is 19.2. The number of halogens is 2. The molecular weight excluding hydrogens is 803 g/mol. The van der Waals surface area contributed by atoms with Crippen molar-refractivity contribution in [3.05, 3.63) is 129 Å². The zero-order valence-corrected chi connectivity index (χ0v) is 34.1. The molecule has 7 rings (SSSR count). The number of benzene rings is 3. The molecule has 2 aromatic heterocycles. The monoisotopic (exact) mass is 854 g/mol. The van der Waals surface area contributed by atoms with Crippen LogP contribution in [0.1, 0.15) is 59.1 Å². The Kier molecular flexibility index (Phi) is 20.1. The minimum Gasteiger partial charge on any atom is -0.392 e. The number of aliphatic hydroxyl groups is 2. The topological polar surface area (TPSA) is 151 Å². The molecule has 0 unspecified atom stereocenters. The van der Waals surface area contributed by atoms with Gasteiger partial charge in [-0.2, -0.15) is 40.2 Å². The van der Waals surface area contributed by atoms with E-state index < -0.39 is 0 Å². The maximum atomic E-state index is 9.17. The van der Waals surface area contributed by atoms with Crippen LogP contribution in [0.5, 0.6) is 0 Å². The lowest BCUT2D eigenvalue weighted by atomic mass is 9.91. The van der Waals surface area contributed by atoms with Crippen molar-refractivity contribution in [3.8, 4) is 11.4 Å². The largest absolute Gasteiger partial charge is 0.392 e. The van der Waals surface area contributed by atoms with Crippen LogP contribution in [0, 0.1) is 24.3 Å². The fraction of sp³-hybridized carbons (Fsp3) is 0.385. The maximum Gasteiger partial charge on any atom is 0.0911 e. The summed E-state index contributed by atoms with van der Waals surface area (Å²) < 4.78 is 1.13. The molecule has 12 nitrogen and oxygen atoms in total. The molecular formula is C39H52ClIN10O2. The number of likely N-dealkylation sites (N-methyl/N-ethyl adjacent to an activating group) is 2. The van der Waals surface area contributed by atoms with Crippen molar-refractivity contribution in [2.24, 2.45) is 10.2 Å². The number of aryl methyl sites for hydroxylation is 3. The Hall–Kier alpha value is -3.86. The van der Waals surface area contributed by atoms with Crippen molar-refractivity contribution in [3.63, 3.8) is 0 Å². The first kappa shape index (κ1) is 43.5. The molecule has 1 aliphatic heterocycles. The number of nitrogens with zero attached hydrogens (tertiary/aromatic N) is 8. The van der Waals surface area contributed by atoms with Crippen LogP contribution in [-0.2, 0) is 19.1 Å². The standard InChI is InChI=1S/C10H10ClN3.C10H11N3O.C8H9IO.C8H18N2.C3H4N2/c1-8-2-3-10(9(6-8)7-11)14-12-4-5-13-14;1-8-2-3-10(9(6-8)7-14)13-11-4-5-12-13;1-6-2-3-8(9)7(4-6)5-10;1-9-7-5-3-4-6-8(7)10-2;1-2-4-5-3-1/h2-6H,7H2,1H3;2-6,14H,7H2,1H3;2-4,10H,5H2,1H3;7-10H,3-6H2,1-2H3;1-2H,3H2/t;;;7-,8-;/m...1./s1. The molecule has 0 amide bonds. The second kappa shape index (κ2) is 24.5. The van der Waals surface area contributed by atoms with Crippen molar-refractivity contribution in [1.82, 2.24) is 40.6 Å². The van der Waals surface area contributed by atoms with Gasteiger partial charge < -0.3 is 20.8 Å². The van der Waals surface area contributed by atoms with Crippen LogP contribution in [0.25, 0.3) is 11.4 Å². The van der Waals surface area contributed by atoms with E-state index in [9.17, 15) is 5.11 Å². The molecule has 284 valence electrons. The van der Waals surface area contributed by atoms with E-state index >= 15 is 0 Å². The minimum atomic E-state index is -0.00144. The van der Waals surface area contributed by atoms with Gasteiger partial charge in [0.05, 0.1) is 55.9 Å². The number of rotatable bonds is 7. The highest BCUT2D eigenvalue weighted by Crippen LogP contribution is 2.19. The quantitative estimate of drug-likeness (QED) is 0.0995. The number of nitrogens with one attached hydrogen (secondary N) is 2. The van der Waals surface area contributed by atoms with Crippen molar-refractivity contribution in [2.45, 2.75) is 77.6 Å². The Balaban J connectivity index is 0.000000184. The summed E-state index contributed by atoms with van der Waals surface area (Å²) >= 11 is 8.07. The molecule has 2 aliphatic rings. The normalized spacial score (nSPS) is 15.5. The van der Waals surface area contributed by atoms with Crippen LogP contribution in [0.3, 0.4) is 0 Å². The van der Waals surface area contributed by atoms with Gasteiger partial charge in [-0.1, -0.05) is 65.9 Å². The average molecular weight is 855 g/mol. The highest BCUT2D eigenvalue weighted by molar-refractivity contribution is 14.1. The highest BCUT2D eigenvalue weighted by Gasteiger charge is 2.21. The van der Waals surface area contributed by atoms with Crippen molar-refractivity contribution in [1.29, 1.82) is 0 Å². The molecule has 3 aromatic carbocycles. The van der Waals surface area contributed by atoms with Gasteiger partial charge in [0.2, 0.25) is 0 Å². The Morgan fingerprint density at radius 2 is 1.15 bits per heavy atom. The molecule has 3 heterocycles. The molecule has 0 saturated heterocycles. The molecule has 4 N–H and O–H groups in total. The van der Waals surface area contributed by atoms with Crippen LogP contribution >= 0.6 is 34.2 Å². The molecule has 14 heteroatoms. The SMILES string of the molecule is C1=CN=NC1.CN[C@@H]1CCCC[C@H]1NC.Cc1ccc(-n2nccn2)c(CCl)c1.Cc1ccc(-n2nccn2)c(CO)c1.Cc1ccc(I)c(CO)c1. The Bertz CT molecular complexity index is 1710. The first-order valence-electron chi connectivity index (χ1n) is 17.6. The second-order valence-electron chi connectivity index (χ2n) is 12.3. The summed E-state index contributed by atoms with van der Waals surface area (Å²) in [5.74, 6) is 0.471. The number of azo groups is 1. The smallest absolute Gasteiger partial charge is 0.0911 e. The molecule has 5 aromatic rings. The van der Waals surface area contributed by atoms with Gasteiger partial charge in [0.15, 0.2) is 0 Å². The van der Waals surface area contributed by atoms with Gasteiger partial charge >= 0.3 is 0 Å². The maximum absolute atomic E-state index is 9.17. The summed E-state index contributed by atoms with van der Waals surface area (Å²) in [6.07, 6.45) is 15.6. The van der Waals surface area contributed by atoms with E-state index in [1.807, 2.05) is 81.4 Å². The molecule has 0 spiro atoms. The average Bonchev–Trinajstić information content (AvgIpc) is 4.03. The minimum absolute atomic E-state index is 0.00144. The molecule has 53 heavy (non-hydrogen) atoms. The molecule has 1 saturated carbocycles. The number of hydrogen-bond donors (Lipinski definition) is 4. The third-order valence-electron chi connectivity index (χ3n) is 8.37. The summed E-state index contributed by atoms with van der Waals surface area (Å²) in [5, 5.41) is 48.0. The zero-order valence-electron chi connectivity index (χ0n) is 31.2. The fourth-order valence-corrected chi connectivity index (χ4v) is 6.34. The van der Waals surface area contributed by atoms with Gasteiger partial charge in [0, 0.05) is 33.3 Å². The zero-order chi connectivity index (χ0) is 38.4. The van der Waals surface area contributed by atoms with Crippen molar-refractivity contribution in [2.75, 3.05) is 20.6 Å². The summed E-state index contributed by atoms with van der Waals surface area (Å²) in [6.45, 7) is 6.96. The second-order valence-corrected chi connectivity index (χ2v) is 13.8. The molecule has 1 fully saturated rings. The summed E-state index contributed by atoms with van der Waals surface area (Å²) in [5.41, 5.74) is 8.16. The first-order chi connectivity index (χ1) is 25.7. The lowest BCUT2D eigenvalue weighted by Gasteiger charge is -2.30. The van der Waals surface area contributed by atoms with Crippen molar-refractivity contribution >= 4 is 34.2 Å². The Labute approximate surface area is 331 Å². The predicted octanol–water partition coefficient (Wildman–Crippen LogP) is 7.18. The molecule has 0 bridgehead atoms. The van der Waals surface area contributed by atoms with Crippen molar-refractivity contribution < 1.29 is 10.2 Å². The summed E-state index contributed by atoms with van der Waals surface area (Å²) in [6, 6.07) is 19.3. The Morgan fingerprint density at radius 3 is 1.53 bits per heavy atom. The Morgan fingerprint density at radius 1 is 0.698 bits per heavy atom. The van der Waals surface area contributed by atoms with E-state index in [4.69, 9.17) is 16.7 Å². The van der Waals surface area contributed by atoms with E-state index in [1.54, 1.807) is 35.8 Å². The number of hydrogen-bond acceptors (Lipinski definition) is 10. The van der Waals surface area contributed by atoms with Gasteiger partial charge in [-0.15, -0.1) is 11.6 Å². The number of aromatic nitrogens is 6. The van der Waals surface area contributed by atoms with Crippen LogP contribution in [0.15, 0.2) is 102 Å². The van der Waals surface area contributed by atoms with E-state index in [-0.39, 0.29) is 13.2 Å². The van der Waals surface area contributed by atoms with E-state index in [0.29, 0.717) is 18.0 Å². The molecule has 1 aliphatic carbocycles. The van der Waals surface area contributed by atoms with Crippen LogP contribution in [0.2, 0.25) is 0 Å². The summed E-state index contributed by atoms with van der Waals surface area (Å²) in [7, 11) is 4.11. The lowest BCUT2D eigenvalue weighted by molar-refractivity contribution is 0.280. The summed E-state index contributed by atoms with van der Waals surface area (Å²) in [4.78, 5) is 3.09. The van der Waals surface area contributed by atoms with E-state index in [2.05, 4.69) is 77.9 Å². The van der Waals surface area contributed by atoms with Crippen LogP contribution < -0.4 is 10.6 Å². The number of alkyl halides is 1. The van der Waals surface area contributed by atoms with E-state index in [0.717, 1.165) is 43.7 Å².